The highest BCUT2D eigenvalue weighted by atomic mass is 19.1. The number of nitrogens with one attached hydrogen (secondary N) is 1. The van der Waals surface area contributed by atoms with E-state index in [9.17, 15) is 18.8 Å². The molecular weight excluding hydrogens is 407 g/mol. The molecule has 1 aromatic carbocycles. The van der Waals surface area contributed by atoms with Crippen LogP contribution in [0.3, 0.4) is 0 Å². The van der Waals surface area contributed by atoms with E-state index in [0.29, 0.717) is 0 Å². The van der Waals surface area contributed by atoms with E-state index in [4.69, 9.17) is 4.52 Å². The summed E-state index contributed by atoms with van der Waals surface area (Å²) in [6, 6.07) is 5.06. The van der Waals surface area contributed by atoms with Crippen LogP contribution in [0.1, 0.15) is 49.2 Å². The molecule has 0 spiro atoms. The van der Waals surface area contributed by atoms with Gasteiger partial charge in [-0.2, -0.15) is 14.8 Å². The van der Waals surface area contributed by atoms with Gasteiger partial charge in [-0.25, -0.2) is 9.18 Å². The van der Waals surface area contributed by atoms with E-state index in [2.05, 4.69) is 20.6 Å². The van der Waals surface area contributed by atoms with Crippen LogP contribution in [0.15, 0.2) is 38.4 Å². The van der Waals surface area contributed by atoms with Crippen molar-refractivity contribution in [3.63, 3.8) is 0 Å². The van der Waals surface area contributed by atoms with Gasteiger partial charge in [0.05, 0.1) is 5.69 Å². The number of aromatic nitrogens is 5. The predicted molar refractivity (Wildman–Crippen MR) is 107 cm³/mol. The maximum Gasteiger partial charge on any atom is 0.351 e. The Balaban J connectivity index is 1.65. The van der Waals surface area contributed by atoms with E-state index in [1.165, 1.54) is 31.3 Å². The second-order valence-corrected chi connectivity index (χ2v) is 7.47. The lowest BCUT2D eigenvalue weighted by Gasteiger charge is -2.14. The van der Waals surface area contributed by atoms with Crippen molar-refractivity contribution in [3.05, 3.63) is 56.8 Å². The molecule has 1 fully saturated rings. The van der Waals surface area contributed by atoms with Gasteiger partial charge >= 0.3 is 17.5 Å². The third kappa shape index (κ3) is 4.30. The largest absolute Gasteiger partial charge is 0.351 e. The van der Waals surface area contributed by atoms with Gasteiger partial charge in [-0.3, -0.25) is 14.2 Å². The van der Waals surface area contributed by atoms with Gasteiger partial charge in [0, 0.05) is 13.1 Å². The number of amides is 1. The Morgan fingerprint density at radius 2 is 1.81 bits per heavy atom. The van der Waals surface area contributed by atoms with Gasteiger partial charge in [-0.05, 0) is 37.1 Å². The number of rotatable bonds is 4. The molecule has 3 aromatic rings. The second kappa shape index (κ2) is 8.62. The predicted octanol–water partition coefficient (Wildman–Crippen LogP) is 1.57. The minimum Gasteiger partial charge on any atom is -0.345 e. The molecule has 0 radical (unpaired) electrons. The van der Waals surface area contributed by atoms with Gasteiger partial charge in [-0.1, -0.05) is 30.8 Å². The van der Waals surface area contributed by atoms with E-state index in [0.717, 1.165) is 47.8 Å². The van der Waals surface area contributed by atoms with Crippen molar-refractivity contribution in [1.82, 2.24) is 29.8 Å². The lowest BCUT2D eigenvalue weighted by atomic mass is 10.1. The van der Waals surface area contributed by atoms with E-state index in [1.807, 2.05) is 0 Å². The van der Waals surface area contributed by atoms with Gasteiger partial charge in [0.25, 0.3) is 5.56 Å². The molecule has 162 valence electrons. The number of benzene rings is 1. The molecule has 0 unspecified atom stereocenters. The van der Waals surface area contributed by atoms with Crippen molar-refractivity contribution in [3.8, 4) is 17.2 Å². The summed E-state index contributed by atoms with van der Waals surface area (Å²) >= 11 is 0. The van der Waals surface area contributed by atoms with Gasteiger partial charge in [-0.15, -0.1) is 0 Å². The Morgan fingerprint density at radius 1 is 1.13 bits per heavy atom. The van der Waals surface area contributed by atoms with Crippen molar-refractivity contribution in [1.29, 1.82) is 0 Å². The summed E-state index contributed by atoms with van der Waals surface area (Å²) in [5, 5.41) is 10.6. The Hall–Kier alpha value is -3.63. The van der Waals surface area contributed by atoms with Gasteiger partial charge in [0.15, 0.2) is 5.69 Å². The van der Waals surface area contributed by atoms with Crippen molar-refractivity contribution in [2.75, 3.05) is 0 Å². The van der Waals surface area contributed by atoms with Gasteiger partial charge in [0.2, 0.25) is 5.82 Å². The van der Waals surface area contributed by atoms with Crippen LogP contribution in [0.25, 0.3) is 17.2 Å². The highest BCUT2D eigenvalue weighted by Gasteiger charge is 2.24. The number of halogens is 1. The first-order valence-electron chi connectivity index (χ1n) is 10.1. The fourth-order valence-electron chi connectivity index (χ4n) is 3.55. The highest BCUT2D eigenvalue weighted by Crippen LogP contribution is 2.18. The molecule has 1 amide bonds. The summed E-state index contributed by atoms with van der Waals surface area (Å²) in [7, 11) is 1.27. The summed E-state index contributed by atoms with van der Waals surface area (Å²) in [4.78, 5) is 41.5. The van der Waals surface area contributed by atoms with Crippen LogP contribution in [0, 0.1) is 5.82 Å². The first kappa shape index (κ1) is 20.6. The topological polar surface area (TPSA) is 125 Å². The third-order valence-corrected chi connectivity index (χ3v) is 5.27. The van der Waals surface area contributed by atoms with Gasteiger partial charge < -0.3 is 9.84 Å². The highest BCUT2D eigenvalue weighted by molar-refractivity contribution is 5.90. The fourth-order valence-corrected chi connectivity index (χ4v) is 3.55. The monoisotopic (exact) mass is 428 g/mol. The van der Waals surface area contributed by atoms with E-state index in [1.54, 1.807) is 0 Å². The number of carbonyl (C=O) groups excluding carboxylic acids is 1. The molecule has 1 aliphatic rings. The zero-order valence-electron chi connectivity index (χ0n) is 16.9. The molecule has 0 bridgehead atoms. The van der Waals surface area contributed by atoms with Gasteiger partial charge in [0.1, 0.15) is 5.82 Å². The van der Waals surface area contributed by atoms with Crippen molar-refractivity contribution in [2.24, 2.45) is 7.05 Å². The normalized spacial score (nSPS) is 14.9. The second-order valence-electron chi connectivity index (χ2n) is 7.47. The lowest BCUT2D eigenvalue weighted by molar-refractivity contribution is 0.0889. The zero-order chi connectivity index (χ0) is 22.0. The molecule has 0 saturated heterocycles. The van der Waals surface area contributed by atoms with Crippen LogP contribution in [-0.2, 0) is 7.05 Å². The van der Waals surface area contributed by atoms with Crippen molar-refractivity contribution in [2.45, 2.75) is 44.6 Å². The average molecular weight is 428 g/mol. The molecule has 4 rings (SSSR count). The molecule has 1 N–H and O–H groups in total. The molecule has 11 heteroatoms. The lowest BCUT2D eigenvalue weighted by Crippen LogP contribution is -2.40. The molecule has 10 nitrogen and oxygen atoms in total. The summed E-state index contributed by atoms with van der Waals surface area (Å²) in [6.07, 6.45) is 6.16. The minimum absolute atomic E-state index is 0.0386. The number of hydrogen-bond donors (Lipinski definition) is 1. The van der Waals surface area contributed by atoms with Crippen molar-refractivity contribution >= 4 is 5.91 Å². The zero-order valence-corrected chi connectivity index (χ0v) is 16.9. The standard InChI is InChI=1S/C20H21FN6O4/c1-26-19(29)15(24-27(20(26)30)14-10-8-12(21)9-11-14)16-23-18(31-25-16)17(28)22-13-6-4-2-3-5-7-13/h8-11,13H,2-7H2,1H3,(H,22,28). The number of hydrogen-bond acceptors (Lipinski definition) is 7. The van der Waals surface area contributed by atoms with Crippen molar-refractivity contribution < 1.29 is 13.7 Å². The van der Waals surface area contributed by atoms with Crippen LogP contribution in [0.5, 0.6) is 0 Å². The van der Waals surface area contributed by atoms with Crippen LogP contribution < -0.4 is 16.6 Å². The molecular formula is C20H21FN6O4. The van der Waals surface area contributed by atoms with Crippen LogP contribution >= 0.6 is 0 Å². The number of nitrogens with zero attached hydrogens (tertiary/aromatic N) is 5. The van der Waals surface area contributed by atoms with Crippen LogP contribution in [-0.4, -0.2) is 36.4 Å². The Morgan fingerprint density at radius 3 is 2.48 bits per heavy atom. The minimum atomic E-state index is -0.750. The summed E-state index contributed by atoms with van der Waals surface area (Å²) in [5.41, 5.74) is -1.50. The first-order valence-corrected chi connectivity index (χ1v) is 10.1. The maximum absolute atomic E-state index is 13.2. The SMILES string of the molecule is Cn1c(=O)c(-c2noc(C(=O)NC3CCCCCC3)n2)nn(-c2ccc(F)cc2)c1=O. The third-order valence-electron chi connectivity index (χ3n) is 5.27. The van der Waals surface area contributed by atoms with Crippen LogP contribution in [0.2, 0.25) is 0 Å². The molecule has 1 saturated carbocycles. The molecule has 0 atom stereocenters. The summed E-state index contributed by atoms with van der Waals surface area (Å²) < 4.78 is 20.0. The number of carbonyl (C=O) groups is 1. The molecule has 2 heterocycles. The van der Waals surface area contributed by atoms with Crippen LogP contribution in [0.4, 0.5) is 4.39 Å². The first-order chi connectivity index (χ1) is 14.9. The maximum atomic E-state index is 13.2. The van der Waals surface area contributed by atoms with E-state index >= 15 is 0 Å². The Bertz CT molecular complexity index is 1210. The van der Waals surface area contributed by atoms with E-state index in [-0.39, 0.29) is 29.1 Å². The fraction of sp³-hybridized carbons (Fsp3) is 0.400. The van der Waals surface area contributed by atoms with E-state index < -0.39 is 23.0 Å². The summed E-state index contributed by atoms with van der Waals surface area (Å²) in [6.45, 7) is 0. The Labute approximate surface area is 175 Å². The Kier molecular flexibility index (Phi) is 5.74. The molecule has 0 aliphatic heterocycles. The molecule has 31 heavy (non-hydrogen) atoms. The quantitative estimate of drug-likeness (QED) is 0.625. The smallest absolute Gasteiger partial charge is 0.345 e. The molecule has 1 aliphatic carbocycles. The summed E-state index contributed by atoms with van der Waals surface area (Å²) in [5.74, 6) is -1.51. The average Bonchev–Trinajstić information content (AvgIpc) is 3.11. The molecule has 2 aromatic heterocycles.